The third-order valence-electron chi connectivity index (χ3n) is 8.81. The minimum atomic E-state index is -0.666. The highest BCUT2D eigenvalue weighted by atomic mass is 35.5. The molecule has 3 aromatic rings. The van der Waals surface area contributed by atoms with Gasteiger partial charge in [0.2, 0.25) is 17.6 Å². The van der Waals surface area contributed by atoms with Gasteiger partial charge in [-0.3, -0.25) is 9.51 Å². The number of rotatable bonds is 7. The number of allylic oxidation sites excluding steroid dienone is 5. The number of piperidine rings is 1. The highest BCUT2D eigenvalue weighted by Crippen LogP contribution is 2.38. The van der Waals surface area contributed by atoms with E-state index in [0.717, 1.165) is 62.1 Å². The third kappa shape index (κ3) is 5.77. The summed E-state index contributed by atoms with van der Waals surface area (Å²) in [6.45, 7) is 11.5. The number of imidazole rings is 1. The van der Waals surface area contributed by atoms with Crippen LogP contribution in [-0.2, 0) is 11.3 Å². The van der Waals surface area contributed by atoms with Gasteiger partial charge >= 0.3 is 5.76 Å². The average molecular weight is 580 g/mol. The standard InChI is InChI=1S/C30H38ClN7O3/c1-4-6-21(15-19(3)31)24-25-26(33-27(32-24)28-35-30(39)41-36-28)34-29(38(25)16-20-10-8-18(2)9-11-20)37-13-5-7-22-17-40-14-12-23(22)37/h4,6,15,18,20,22-23H,3,5,7-14,16-17H2,1-2H3,(H,35,36,39)/b6-4-,21-15+/t18-,20-,22?,23?. The molecule has 11 heteroatoms. The monoisotopic (exact) mass is 579 g/mol. The van der Waals surface area contributed by atoms with Gasteiger partial charge in [-0.05, 0) is 56.9 Å². The maximum atomic E-state index is 11.8. The fraction of sp³-hybridized carbons (Fsp3) is 0.567. The highest BCUT2D eigenvalue weighted by molar-refractivity contribution is 6.31. The maximum Gasteiger partial charge on any atom is 0.439 e. The molecule has 0 amide bonds. The summed E-state index contributed by atoms with van der Waals surface area (Å²) in [7, 11) is 0. The van der Waals surface area contributed by atoms with Crippen LogP contribution in [0.4, 0.5) is 5.95 Å². The van der Waals surface area contributed by atoms with E-state index in [1.165, 1.54) is 32.1 Å². The van der Waals surface area contributed by atoms with Crippen LogP contribution in [0.5, 0.6) is 0 Å². The van der Waals surface area contributed by atoms with E-state index in [1.807, 2.05) is 19.1 Å². The fourth-order valence-electron chi connectivity index (χ4n) is 6.77. The van der Waals surface area contributed by atoms with Crippen LogP contribution in [0.15, 0.2) is 39.2 Å². The van der Waals surface area contributed by atoms with E-state index in [-0.39, 0.29) is 11.6 Å². The molecule has 0 aromatic carbocycles. The highest BCUT2D eigenvalue weighted by Gasteiger charge is 2.37. The summed E-state index contributed by atoms with van der Waals surface area (Å²) in [6, 6.07) is 0.371. The summed E-state index contributed by atoms with van der Waals surface area (Å²) >= 11 is 6.32. The van der Waals surface area contributed by atoms with Crippen molar-refractivity contribution in [1.82, 2.24) is 29.7 Å². The van der Waals surface area contributed by atoms with E-state index in [2.05, 4.69) is 33.1 Å². The molecule has 218 valence electrons. The number of ether oxygens (including phenoxy) is 1. The molecule has 2 atom stereocenters. The molecular formula is C30H38ClN7O3. The molecule has 10 nitrogen and oxygen atoms in total. The predicted octanol–water partition coefficient (Wildman–Crippen LogP) is 5.71. The Kier molecular flexibility index (Phi) is 8.12. The lowest BCUT2D eigenvalue weighted by Crippen LogP contribution is -2.50. The molecule has 3 aromatic heterocycles. The van der Waals surface area contributed by atoms with Gasteiger partial charge in [0, 0.05) is 42.3 Å². The molecule has 0 bridgehead atoms. The number of fused-ring (bicyclic) bond motifs is 2. The molecule has 0 spiro atoms. The zero-order valence-electron chi connectivity index (χ0n) is 23.8. The van der Waals surface area contributed by atoms with E-state index in [9.17, 15) is 4.79 Å². The molecule has 2 aliphatic heterocycles. The third-order valence-corrected chi connectivity index (χ3v) is 8.92. The lowest BCUT2D eigenvalue weighted by atomic mass is 9.83. The molecule has 3 aliphatic rings. The average Bonchev–Trinajstić information content (AvgIpc) is 3.56. The second-order valence-electron chi connectivity index (χ2n) is 11.7. The van der Waals surface area contributed by atoms with Crippen LogP contribution in [0.1, 0.15) is 64.5 Å². The Morgan fingerprint density at radius 1 is 1.17 bits per heavy atom. The summed E-state index contributed by atoms with van der Waals surface area (Å²) < 4.78 is 13.0. The molecule has 5 heterocycles. The Labute approximate surface area is 244 Å². The number of aromatic amines is 1. The van der Waals surface area contributed by atoms with Crippen molar-refractivity contribution in [3.63, 3.8) is 0 Å². The van der Waals surface area contributed by atoms with Gasteiger partial charge in [0.15, 0.2) is 5.65 Å². The first-order valence-electron chi connectivity index (χ1n) is 14.8. The van der Waals surface area contributed by atoms with Crippen molar-refractivity contribution < 1.29 is 9.26 Å². The van der Waals surface area contributed by atoms with Crippen molar-refractivity contribution in [3.05, 3.63) is 46.1 Å². The summed E-state index contributed by atoms with van der Waals surface area (Å²) in [4.78, 5) is 31.9. The summed E-state index contributed by atoms with van der Waals surface area (Å²) in [5.74, 6) is 2.44. The van der Waals surface area contributed by atoms with E-state index >= 15 is 0 Å². The number of H-pyrrole nitrogens is 1. The second kappa shape index (κ2) is 11.9. The maximum absolute atomic E-state index is 11.8. The van der Waals surface area contributed by atoms with Crippen LogP contribution < -0.4 is 10.7 Å². The fourth-order valence-corrected chi connectivity index (χ4v) is 6.89. The number of hydrogen-bond acceptors (Lipinski definition) is 8. The Hall–Kier alpha value is -3.24. The molecule has 6 rings (SSSR count). The first-order valence-corrected chi connectivity index (χ1v) is 15.2. The first-order chi connectivity index (χ1) is 19.9. The van der Waals surface area contributed by atoms with Crippen molar-refractivity contribution in [2.75, 3.05) is 24.7 Å². The van der Waals surface area contributed by atoms with Crippen LogP contribution in [0.25, 0.3) is 28.4 Å². The first kappa shape index (κ1) is 27.9. The van der Waals surface area contributed by atoms with Gasteiger partial charge in [-0.2, -0.15) is 4.98 Å². The Morgan fingerprint density at radius 3 is 2.73 bits per heavy atom. The molecule has 2 unspecified atom stereocenters. The number of hydrogen-bond donors (Lipinski definition) is 1. The minimum Gasteiger partial charge on any atom is -0.381 e. The van der Waals surface area contributed by atoms with Crippen molar-refractivity contribution in [1.29, 1.82) is 0 Å². The lowest BCUT2D eigenvalue weighted by Gasteiger charge is -2.44. The van der Waals surface area contributed by atoms with E-state index in [1.54, 1.807) is 6.08 Å². The zero-order chi connectivity index (χ0) is 28.5. The quantitative estimate of drug-likeness (QED) is 0.354. The van der Waals surface area contributed by atoms with Gasteiger partial charge in [0.05, 0.1) is 6.61 Å². The van der Waals surface area contributed by atoms with Gasteiger partial charge < -0.3 is 14.2 Å². The molecule has 3 fully saturated rings. The Bertz CT molecular complexity index is 1530. The second-order valence-corrected chi connectivity index (χ2v) is 12.2. The van der Waals surface area contributed by atoms with Gasteiger partial charge in [-0.15, -0.1) is 0 Å². The van der Waals surface area contributed by atoms with Crippen LogP contribution in [-0.4, -0.2) is 55.5 Å². The number of aromatic nitrogens is 6. The van der Waals surface area contributed by atoms with Crippen molar-refractivity contribution in [3.8, 4) is 11.6 Å². The van der Waals surface area contributed by atoms with Crippen molar-refractivity contribution in [2.45, 2.75) is 71.4 Å². The normalized spacial score (nSPS) is 25.6. The number of nitrogens with zero attached hydrogens (tertiary/aromatic N) is 6. The van der Waals surface area contributed by atoms with Crippen LogP contribution in [0, 0.1) is 17.8 Å². The topological polar surface area (TPSA) is 115 Å². The number of halogens is 1. The molecule has 41 heavy (non-hydrogen) atoms. The largest absolute Gasteiger partial charge is 0.439 e. The van der Waals surface area contributed by atoms with Gasteiger partial charge in [0.25, 0.3) is 0 Å². The summed E-state index contributed by atoms with van der Waals surface area (Å²) in [5, 5.41) is 4.25. The van der Waals surface area contributed by atoms with Crippen LogP contribution >= 0.6 is 11.6 Å². The number of nitrogens with one attached hydrogen (secondary N) is 1. The molecular weight excluding hydrogens is 542 g/mol. The molecule has 2 saturated heterocycles. The minimum absolute atomic E-state index is 0.155. The summed E-state index contributed by atoms with van der Waals surface area (Å²) in [6.07, 6.45) is 13.8. The Morgan fingerprint density at radius 2 is 2.00 bits per heavy atom. The molecule has 1 N–H and O–H groups in total. The van der Waals surface area contributed by atoms with Crippen molar-refractivity contribution >= 4 is 34.3 Å². The van der Waals surface area contributed by atoms with Crippen molar-refractivity contribution in [2.24, 2.45) is 17.8 Å². The van der Waals surface area contributed by atoms with E-state index < -0.39 is 5.76 Å². The van der Waals surface area contributed by atoms with E-state index in [0.29, 0.717) is 34.3 Å². The molecule has 0 radical (unpaired) electrons. The van der Waals surface area contributed by atoms with E-state index in [4.69, 9.17) is 35.8 Å². The Balaban J connectivity index is 1.58. The molecule has 1 aliphatic carbocycles. The van der Waals surface area contributed by atoms with Crippen LogP contribution in [0.2, 0.25) is 0 Å². The van der Waals surface area contributed by atoms with Gasteiger partial charge in [-0.25, -0.2) is 14.8 Å². The van der Waals surface area contributed by atoms with Gasteiger partial charge in [-0.1, -0.05) is 55.3 Å². The summed E-state index contributed by atoms with van der Waals surface area (Å²) in [5.41, 5.74) is 2.85. The lowest BCUT2D eigenvalue weighted by molar-refractivity contribution is 0.0278. The number of anilines is 1. The SMILES string of the molecule is C=C(Cl)/C=C(\C=C/C)c1nc(-c2noc(=O)[nH]2)nc2nc(N3CCCC4COCCC43)n(C[C@H]3CC[C@H](C)CC3)c12. The predicted molar refractivity (Wildman–Crippen MR) is 160 cm³/mol. The zero-order valence-corrected chi connectivity index (χ0v) is 24.6. The molecule has 1 saturated carbocycles. The van der Waals surface area contributed by atoms with Crippen LogP contribution in [0.3, 0.4) is 0 Å². The van der Waals surface area contributed by atoms with Gasteiger partial charge in [0.1, 0.15) is 11.2 Å². The smallest absolute Gasteiger partial charge is 0.381 e.